The molecule has 0 aliphatic heterocycles. The zero-order valence-corrected chi connectivity index (χ0v) is 13.0. The summed E-state index contributed by atoms with van der Waals surface area (Å²) in [6.45, 7) is 2.97. The van der Waals surface area contributed by atoms with E-state index in [4.69, 9.17) is 17.3 Å². The van der Waals surface area contributed by atoms with Crippen molar-refractivity contribution >= 4 is 23.4 Å². The Morgan fingerprint density at radius 2 is 1.73 bits per heavy atom. The Morgan fingerprint density at radius 1 is 1.09 bits per heavy atom. The lowest BCUT2D eigenvalue weighted by molar-refractivity contribution is 0.0752. The van der Waals surface area contributed by atoms with Gasteiger partial charge in [0.2, 0.25) is 5.91 Å². The fourth-order valence-corrected chi connectivity index (χ4v) is 2.36. The van der Waals surface area contributed by atoms with E-state index in [1.165, 1.54) is 0 Å². The molecule has 2 N–H and O–H groups in total. The standard InChI is InChI=1S/C17H17ClN2O2/c1-2-20(11-12-4-3-5-15(18)10-12)17(22)14-8-6-13(7-9-14)16(19)21/h3-10H,2,11H2,1H3,(H2,19,21). The fraction of sp³-hybridized carbons (Fsp3) is 0.176. The highest BCUT2D eigenvalue weighted by atomic mass is 35.5. The number of hydrogen-bond donors (Lipinski definition) is 1. The SMILES string of the molecule is CCN(Cc1cccc(Cl)c1)C(=O)c1ccc(C(N)=O)cc1. The summed E-state index contributed by atoms with van der Waals surface area (Å²) in [4.78, 5) is 25.3. The summed E-state index contributed by atoms with van der Waals surface area (Å²) in [5.74, 6) is -0.608. The molecule has 2 rings (SSSR count). The second kappa shape index (κ2) is 7.09. The van der Waals surface area contributed by atoms with Gasteiger partial charge in [0.05, 0.1) is 0 Å². The van der Waals surface area contributed by atoms with E-state index < -0.39 is 5.91 Å². The molecule has 0 saturated heterocycles. The molecule has 2 aromatic carbocycles. The van der Waals surface area contributed by atoms with Crippen molar-refractivity contribution in [2.75, 3.05) is 6.54 Å². The van der Waals surface area contributed by atoms with Crippen molar-refractivity contribution in [3.63, 3.8) is 0 Å². The Balaban J connectivity index is 2.16. The number of nitrogens with two attached hydrogens (primary N) is 1. The summed E-state index contributed by atoms with van der Waals surface area (Å²) in [5.41, 5.74) is 7.07. The molecular weight excluding hydrogens is 300 g/mol. The Hall–Kier alpha value is -2.33. The van der Waals surface area contributed by atoms with E-state index in [0.717, 1.165) is 5.56 Å². The molecule has 4 nitrogen and oxygen atoms in total. The molecule has 2 aromatic rings. The lowest BCUT2D eigenvalue weighted by Crippen LogP contribution is -2.30. The summed E-state index contributed by atoms with van der Waals surface area (Å²) < 4.78 is 0. The van der Waals surface area contributed by atoms with Gasteiger partial charge in [0.15, 0.2) is 0 Å². The van der Waals surface area contributed by atoms with E-state index >= 15 is 0 Å². The van der Waals surface area contributed by atoms with Gasteiger partial charge in [-0.2, -0.15) is 0 Å². The predicted octanol–water partition coefficient (Wildman–Crippen LogP) is 3.10. The van der Waals surface area contributed by atoms with Crippen LogP contribution in [0.5, 0.6) is 0 Å². The molecule has 0 unspecified atom stereocenters. The molecule has 0 atom stereocenters. The molecule has 114 valence electrons. The van der Waals surface area contributed by atoms with Crippen LogP contribution in [-0.2, 0) is 6.54 Å². The summed E-state index contributed by atoms with van der Waals surface area (Å²) in [5, 5.41) is 0.645. The lowest BCUT2D eigenvalue weighted by Gasteiger charge is -2.21. The summed E-state index contributed by atoms with van der Waals surface area (Å²) in [7, 11) is 0. The molecule has 5 heteroatoms. The van der Waals surface area contributed by atoms with Gasteiger partial charge in [0, 0.05) is 29.2 Å². The lowest BCUT2D eigenvalue weighted by atomic mass is 10.1. The molecule has 0 fully saturated rings. The van der Waals surface area contributed by atoms with E-state index in [1.807, 2.05) is 25.1 Å². The third kappa shape index (κ3) is 3.86. The van der Waals surface area contributed by atoms with Gasteiger partial charge in [-0.3, -0.25) is 9.59 Å². The van der Waals surface area contributed by atoms with Crippen LogP contribution in [0.1, 0.15) is 33.2 Å². The molecule has 0 spiro atoms. The minimum Gasteiger partial charge on any atom is -0.366 e. The first-order valence-electron chi connectivity index (χ1n) is 6.95. The average Bonchev–Trinajstić information content (AvgIpc) is 2.52. The molecule has 2 amide bonds. The number of rotatable bonds is 5. The number of benzene rings is 2. The van der Waals surface area contributed by atoms with Crippen molar-refractivity contribution in [2.24, 2.45) is 5.73 Å². The largest absolute Gasteiger partial charge is 0.366 e. The maximum Gasteiger partial charge on any atom is 0.254 e. The fourth-order valence-electron chi connectivity index (χ4n) is 2.14. The van der Waals surface area contributed by atoms with Gasteiger partial charge in [-0.1, -0.05) is 23.7 Å². The first kappa shape index (κ1) is 16.0. The van der Waals surface area contributed by atoms with Crippen LogP contribution in [0.2, 0.25) is 5.02 Å². The van der Waals surface area contributed by atoms with Crippen LogP contribution in [0.4, 0.5) is 0 Å². The van der Waals surface area contributed by atoms with E-state index in [0.29, 0.717) is 29.2 Å². The number of hydrogen-bond acceptors (Lipinski definition) is 2. The Morgan fingerprint density at radius 3 is 2.27 bits per heavy atom. The number of carbonyl (C=O) groups excluding carboxylic acids is 2. The molecule has 22 heavy (non-hydrogen) atoms. The second-order valence-electron chi connectivity index (χ2n) is 4.89. The molecule has 0 saturated carbocycles. The third-order valence-electron chi connectivity index (χ3n) is 3.35. The molecule has 0 heterocycles. The van der Waals surface area contributed by atoms with Crippen LogP contribution in [0, 0.1) is 0 Å². The maximum atomic E-state index is 12.5. The normalized spacial score (nSPS) is 10.3. The number of amides is 2. The van der Waals surface area contributed by atoms with Crippen LogP contribution in [0.3, 0.4) is 0 Å². The molecular formula is C17H17ClN2O2. The predicted molar refractivity (Wildman–Crippen MR) is 86.8 cm³/mol. The molecule has 0 radical (unpaired) electrons. The highest BCUT2D eigenvalue weighted by molar-refractivity contribution is 6.30. The van der Waals surface area contributed by atoms with Crippen LogP contribution in [0.25, 0.3) is 0 Å². The summed E-state index contributed by atoms with van der Waals surface area (Å²) in [6.07, 6.45) is 0. The topological polar surface area (TPSA) is 63.4 Å². The number of nitrogens with zero attached hydrogens (tertiary/aromatic N) is 1. The van der Waals surface area contributed by atoms with Crippen LogP contribution < -0.4 is 5.73 Å². The van der Waals surface area contributed by atoms with E-state index in [2.05, 4.69) is 0 Å². The van der Waals surface area contributed by atoms with Crippen molar-refractivity contribution in [2.45, 2.75) is 13.5 Å². The van der Waals surface area contributed by atoms with Gasteiger partial charge in [-0.25, -0.2) is 0 Å². The smallest absolute Gasteiger partial charge is 0.254 e. The molecule has 0 aliphatic carbocycles. The Bertz CT molecular complexity index is 683. The van der Waals surface area contributed by atoms with Gasteiger partial charge in [-0.15, -0.1) is 0 Å². The van der Waals surface area contributed by atoms with Gasteiger partial charge in [-0.05, 0) is 48.9 Å². The van der Waals surface area contributed by atoms with E-state index in [9.17, 15) is 9.59 Å². The average molecular weight is 317 g/mol. The first-order valence-corrected chi connectivity index (χ1v) is 7.32. The Kier molecular flexibility index (Phi) is 5.17. The zero-order chi connectivity index (χ0) is 16.1. The summed E-state index contributed by atoms with van der Waals surface area (Å²) in [6, 6.07) is 13.8. The van der Waals surface area contributed by atoms with Crippen molar-refractivity contribution < 1.29 is 9.59 Å². The van der Waals surface area contributed by atoms with Gasteiger partial charge < -0.3 is 10.6 Å². The van der Waals surface area contributed by atoms with Crippen molar-refractivity contribution in [1.29, 1.82) is 0 Å². The van der Waals surface area contributed by atoms with Crippen LogP contribution >= 0.6 is 11.6 Å². The van der Waals surface area contributed by atoms with E-state index in [-0.39, 0.29) is 5.91 Å². The van der Waals surface area contributed by atoms with Crippen LogP contribution in [-0.4, -0.2) is 23.3 Å². The zero-order valence-electron chi connectivity index (χ0n) is 12.3. The van der Waals surface area contributed by atoms with Crippen LogP contribution in [0.15, 0.2) is 48.5 Å². The number of halogens is 1. The highest BCUT2D eigenvalue weighted by Gasteiger charge is 2.15. The minimum atomic E-state index is -0.509. The molecule has 0 aromatic heterocycles. The van der Waals surface area contributed by atoms with Gasteiger partial charge in [0.25, 0.3) is 5.91 Å². The number of carbonyl (C=O) groups is 2. The number of primary amides is 1. The monoisotopic (exact) mass is 316 g/mol. The Labute approximate surface area is 134 Å². The van der Waals surface area contributed by atoms with Gasteiger partial charge in [0.1, 0.15) is 0 Å². The quantitative estimate of drug-likeness (QED) is 0.921. The molecule has 0 aliphatic rings. The molecule has 0 bridgehead atoms. The third-order valence-corrected chi connectivity index (χ3v) is 3.58. The van der Waals surface area contributed by atoms with Crippen molar-refractivity contribution in [3.05, 3.63) is 70.2 Å². The van der Waals surface area contributed by atoms with Crippen molar-refractivity contribution in [3.8, 4) is 0 Å². The van der Waals surface area contributed by atoms with E-state index in [1.54, 1.807) is 35.2 Å². The minimum absolute atomic E-state index is 0.0986. The highest BCUT2D eigenvalue weighted by Crippen LogP contribution is 2.15. The second-order valence-corrected chi connectivity index (χ2v) is 5.33. The maximum absolute atomic E-state index is 12.5. The first-order chi connectivity index (χ1) is 10.5. The van der Waals surface area contributed by atoms with Crippen molar-refractivity contribution in [1.82, 2.24) is 4.90 Å². The summed E-state index contributed by atoms with van der Waals surface area (Å²) >= 11 is 5.97. The van der Waals surface area contributed by atoms with Gasteiger partial charge >= 0.3 is 0 Å².